The minimum atomic E-state index is 0.00620. The van der Waals surface area contributed by atoms with Gasteiger partial charge in [0.15, 0.2) is 0 Å². The van der Waals surface area contributed by atoms with Crippen molar-refractivity contribution in [2.45, 2.75) is 13.0 Å². The van der Waals surface area contributed by atoms with Crippen LogP contribution in [0.5, 0.6) is 0 Å². The van der Waals surface area contributed by atoms with E-state index in [4.69, 9.17) is 4.74 Å². The minimum absolute atomic E-state index is 0.00620. The fraction of sp³-hybridized carbons (Fsp3) is 0.333. The van der Waals surface area contributed by atoms with E-state index in [1.54, 1.807) is 25.3 Å². The fourth-order valence-corrected chi connectivity index (χ4v) is 0.971. The lowest BCUT2D eigenvalue weighted by atomic mass is 10.1. The highest BCUT2D eigenvalue weighted by atomic mass is 16.5. The van der Waals surface area contributed by atoms with Crippen LogP contribution in [0.2, 0.25) is 0 Å². The summed E-state index contributed by atoms with van der Waals surface area (Å²) in [6.45, 7) is 1.92. The molecule has 3 nitrogen and oxygen atoms in total. The van der Waals surface area contributed by atoms with Crippen LogP contribution in [0, 0.1) is 4.91 Å². The molecule has 0 bridgehead atoms. The summed E-state index contributed by atoms with van der Waals surface area (Å²) in [6, 6.07) is 7.09. The second kappa shape index (κ2) is 3.97. The SMILES string of the molecule is COC(C)c1cccc(N=O)c1. The number of rotatable bonds is 3. The molecule has 0 heterocycles. The molecule has 1 unspecified atom stereocenters. The molecule has 0 amide bonds. The molecule has 0 aliphatic rings. The molecule has 0 saturated carbocycles. The number of ether oxygens (including phenoxy) is 1. The molecule has 0 fully saturated rings. The van der Waals surface area contributed by atoms with Crippen molar-refractivity contribution in [3.05, 3.63) is 34.7 Å². The average molecular weight is 165 g/mol. The van der Waals surface area contributed by atoms with Crippen LogP contribution in [0.4, 0.5) is 5.69 Å². The Balaban J connectivity index is 2.93. The molecule has 3 heteroatoms. The predicted molar refractivity (Wildman–Crippen MR) is 47.3 cm³/mol. The van der Waals surface area contributed by atoms with Crippen molar-refractivity contribution in [1.29, 1.82) is 0 Å². The van der Waals surface area contributed by atoms with Gasteiger partial charge in [0.1, 0.15) is 5.69 Å². The van der Waals surface area contributed by atoms with E-state index in [0.29, 0.717) is 5.69 Å². The maximum Gasteiger partial charge on any atom is 0.108 e. The summed E-state index contributed by atoms with van der Waals surface area (Å²) in [5, 5.41) is 2.84. The number of hydrogen-bond donors (Lipinski definition) is 0. The van der Waals surface area contributed by atoms with Gasteiger partial charge in [0, 0.05) is 7.11 Å². The molecule has 1 aromatic rings. The van der Waals surface area contributed by atoms with Crippen molar-refractivity contribution < 1.29 is 4.74 Å². The highest BCUT2D eigenvalue weighted by molar-refractivity contribution is 5.40. The maximum absolute atomic E-state index is 10.2. The minimum Gasteiger partial charge on any atom is -0.377 e. The number of nitroso groups, excluding NO2 is 1. The summed E-state index contributed by atoms with van der Waals surface area (Å²) < 4.78 is 5.09. The van der Waals surface area contributed by atoms with Gasteiger partial charge in [0.2, 0.25) is 0 Å². The van der Waals surface area contributed by atoms with E-state index in [-0.39, 0.29) is 6.10 Å². The quantitative estimate of drug-likeness (QED) is 0.646. The third kappa shape index (κ3) is 1.89. The Morgan fingerprint density at radius 2 is 2.25 bits per heavy atom. The molecular formula is C9H11NO2. The lowest BCUT2D eigenvalue weighted by Gasteiger charge is -2.08. The van der Waals surface area contributed by atoms with Gasteiger partial charge in [0.05, 0.1) is 6.10 Å². The van der Waals surface area contributed by atoms with Gasteiger partial charge in [-0.3, -0.25) is 0 Å². The summed E-state index contributed by atoms with van der Waals surface area (Å²) in [5.74, 6) is 0. The average Bonchev–Trinajstić information content (AvgIpc) is 2.17. The monoisotopic (exact) mass is 165 g/mol. The standard InChI is InChI=1S/C9H11NO2/c1-7(12-2)8-4-3-5-9(6-8)10-11/h3-7H,1-2H3. The largest absolute Gasteiger partial charge is 0.377 e. The molecule has 64 valence electrons. The summed E-state index contributed by atoms with van der Waals surface area (Å²) in [6.07, 6.45) is 0.00620. The number of hydrogen-bond acceptors (Lipinski definition) is 3. The van der Waals surface area contributed by atoms with Gasteiger partial charge in [0.25, 0.3) is 0 Å². The second-order valence-electron chi connectivity index (χ2n) is 2.56. The molecule has 0 radical (unpaired) electrons. The Morgan fingerprint density at radius 3 is 2.83 bits per heavy atom. The molecule has 0 N–H and O–H groups in total. The molecule has 0 aliphatic carbocycles. The first-order valence-electron chi connectivity index (χ1n) is 3.74. The first-order chi connectivity index (χ1) is 5.77. The van der Waals surface area contributed by atoms with Gasteiger partial charge < -0.3 is 4.74 Å². The van der Waals surface area contributed by atoms with Gasteiger partial charge >= 0.3 is 0 Å². The van der Waals surface area contributed by atoms with Crippen molar-refractivity contribution in [3.63, 3.8) is 0 Å². The van der Waals surface area contributed by atoms with Crippen LogP contribution in [0.25, 0.3) is 0 Å². The Bertz CT molecular complexity index is 273. The Morgan fingerprint density at radius 1 is 1.50 bits per heavy atom. The number of methoxy groups -OCH3 is 1. The zero-order chi connectivity index (χ0) is 8.97. The Hall–Kier alpha value is -1.22. The highest BCUT2D eigenvalue weighted by Crippen LogP contribution is 2.20. The summed E-state index contributed by atoms with van der Waals surface area (Å²) in [4.78, 5) is 10.2. The van der Waals surface area contributed by atoms with Crippen LogP contribution in [0.3, 0.4) is 0 Å². The molecule has 0 aliphatic heterocycles. The van der Waals surface area contributed by atoms with Gasteiger partial charge in [-0.1, -0.05) is 12.1 Å². The van der Waals surface area contributed by atoms with Crippen LogP contribution in [0.1, 0.15) is 18.6 Å². The van der Waals surface area contributed by atoms with E-state index in [1.165, 1.54) is 0 Å². The summed E-state index contributed by atoms with van der Waals surface area (Å²) >= 11 is 0. The molecule has 0 spiro atoms. The molecule has 1 atom stereocenters. The molecule has 1 aromatic carbocycles. The third-order valence-electron chi connectivity index (χ3n) is 1.80. The van der Waals surface area contributed by atoms with Gasteiger partial charge in [-0.2, -0.15) is 0 Å². The van der Waals surface area contributed by atoms with Crippen LogP contribution in [-0.2, 0) is 4.74 Å². The van der Waals surface area contributed by atoms with Crippen molar-refractivity contribution in [1.82, 2.24) is 0 Å². The van der Waals surface area contributed by atoms with E-state index in [9.17, 15) is 4.91 Å². The van der Waals surface area contributed by atoms with E-state index in [1.807, 2.05) is 13.0 Å². The number of nitrogens with zero attached hydrogens (tertiary/aromatic N) is 1. The lowest BCUT2D eigenvalue weighted by molar-refractivity contribution is 0.119. The lowest BCUT2D eigenvalue weighted by Crippen LogP contribution is -1.94. The Labute approximate surface area is 71.3 Å². The van der Waals surface area contributed by atoms with E-state index in [2.05, 4.69) is 5.18 Å². The second-order valence-corrected chi connectivity index (χ2v) is 2.56. The predicted octanol–water partition coefficient (Wildman–Crippen LogP) is 2.79. The van der Waals surface area contributed by atoms with Gasteiger partial charge in [-0.05, 0) is 29.8 Å². The molecular weight excluding hydrogens is 154 g/mol. The highest BCUT2D eigenvalue weighted by Gasteiger charge is 2.03. The van der Waals surface area contributed by atoms with E-state index in [0.717, 1.165) is 5.56 Å². The van der Waals surface area contributed by atoms with E-state index >= 15 is 0 Å². The molecule has 12 heavy (non-hydrogen) atoms. The maximum atomic E-state index is 10.2. The smallest absolute Gasteiger partial charge is 0.108 e. The van der Waals surface area contributed by atoms with Crippen molar-refractivity contribution in [2.75, 3.05) is 7.11 Å². The third-order valence-corrected chi connectivity index (χ3v) is 1.80. The van der Waals surface area contributed by atoms with Crippen molar-refractivity contribution in [3.8, 4) is 0 Å². The summed E-state index contributed by atoms with van der Waals surface area (Å²) in [5.41, 5.74) is 1.41. The van der Waals surface area contributed by atoms with Gasteiger partial charge in [-0.25, -0.2) is 0 Å². The molecule has 1 rings (SSSR count). The van der Waals surface area contributed by atoms with Crippen LogP contribution < -0.4 is 0 Å². The topological polar surface area (TPSA) is 38.7 Å². The first kappa shape index (κ1) is 8.87. The normalized spacial score (nSPS) is 12.5. The fourth-order valence-electron chi connectivity index (χ4n) is 0.971. The van der Waals surface area contributed by atoms with E-state index < -0.39 is 0 Å². The zero-order valence-corrected chi connectivity index (χ0v) is 7.15. The van der Waals surface area contributed by atoms with Gasteiger partial charge in [-0.15, -0.1) is 4.91 Å². The molecule has 0 saturated heterocycles. The van der Waals surface area contributed by atoms with Crippen molar-refractivity contribution >= 4 is 5.69 Å². The van der Waals surface area contributed by atoms with Crippen LogP contribution in [-0.4, -0.2) is 7.11 Å². The first-order valence-corrected chi connectivity index (χ1v) is 3.74. The van der Waals surface area contributed by atoms with Crippen LogP contribution >= 0.6 is 0 Å². The summed E-state index contributed by atoms with van der Waals surface area (Å²) in [7, 11) is 1.63. The van der Waals surface area contributed by atoms with Crippen LogP contribution in [0.15, 0.2) is 29.4 Å². The zero-order valence-electron chi connectivity index (χ0n) is 7.15. The Kier molecular flexibility index (Phi) is 2.94. The van der Waals surface area contributed by atoms with Crippen molar-refractivity contribution in [2.24, 2.45) is 5.18 Å². The molecule has 0 aromatic heterocycles. The number of benzene rings is 1.